The molecule has 0 heterocycles. The van der Waals surface area contributed by atoms with Gasteiger partial charge in [-0.3, -0.25) is 0 Å². The molecule has 2 nitrogen and oxygen atoms in total. The van der Waals surface area contributed by atoms with E-state index in [2.05, 4.69) is 0 Å². The van der Waals surface area contributed by atoms with Crippen molar-refractivity contribution in [3.05, 3.63) is 57.6 Å². The smallest absolute Gasteiger partial charge is 0.146 e. The molecule has 0 saturated carbocycles. The summed E-state index contributed by atoms with van der Waals surface area (Å²) in [6, 6.07) is 11.2. The SMILES string of the molecule is Cc1ccc(Oc2cccc(Cl)c2CCN)c(Cl)c1. The maximum absolute atomic E-state index is 6.17. The van der Waals surface area contributed by atoms with E-state index >= 15 is 0 Å². The van der Waals surface area contributed by atoms with E-state index in [1.54, 1.807) is 0 Å². The van der Waals surface area contributed by atoms with Gasteiger partial charge in [0.2, 0.25) is 0 Å². The molecule has 0 aromatic heterocycles. The third kappa shape index (κ3) is 3.41. The first-order valence-corrected chi connectivity index (χ1v) is 6.79. The Kier molecular flexibility index (Phi) is 4.70. The Balaban J connectivity index is 2.35. The molecule has 2 aromatic carbocycles. The molecular formula is C15H15Cl2NO. The van der Waals surface area contributed by atoms with Crippen LogP contribution < -0.4 is 10.5 Å². The van der Waals surface area contributed by atoms with E-state index in [0.29, 0.717) is 34.5 Å². The quantitative estimate of drug-likeness (QED) is 0.895. The first-order valence-electron chi connectivity index (χ1n) is 6.03. The van der Waals surface area contributed by atoms with Gasteiger partial charge in [0.05, 0.1) is 5.02 Å². The maximum Gasteiger partial charge on any atom is 0.146 e. The predicted molar refractivity (Wildman–Crippen MR) is 80.5 cm³/mol. The van der Waals surface area contributed by atoms with Gasteiger partial charge in [-0.1, -0.05) is 35.3 Å². The number of ether oxygens (including phenoxy) is 1. The zero-order valence-electron chi connectivity index (χ0n) is 10.6. The summed E-state index contributed by atoms with van der Waals surface area (Å²) in [5.74, 6) is 1.32. The van der Waals surface area contributed by atoms with Crippen molar-refractivity contribution in [2.75, 3.05) is 6.54 Å². The predicted octanol–water partition coefficient (Wildman–Crippen LogP) is 4.60. The van der Waals surface area contributed by atoms with E-state index in [1.807, 2.05) is 43.3 Å². The molecule has 0 aliphatic rings. The summed E-state index contributed by atoms with van der Waals surface area (Å²) >= 11 is 12.3. The fourth-order valence-corrected chi connectivity index (χ4v) is 2.36. The average molecular weight is 296 g/mol. The summed E-state index contributed by atoms with van der Waals surface area (Å²) in [6.07, 6.45) is 0.665. The van der Waals surface area contributed by atoms with E-state index in [-0.39, 0.29) is 0 Å². The van der Waals surface area contributed by atoms with Crippen molar-refractivity contribution in [2.45, 2.75) is 13.3 Å². The lowest BCUT2D eigenvalue weighted by Crippen LogP contribution is -2.04. The van der Waals surface area contributed by atoms with E-state index in [0.717, 1.165) is 11.1 Å². The third-order valence-electron chi connectivity index (χ3n) is 2.78. The highest BCUT2D eigenvalue weighted by atomic mass is 35.5. The molecule has 2 N–H and O–H groups in total. The molecule has 0 fully saturated rings. The Morgan fingerprint density at radius 1 is 1.05 bits per heavy atom. The van der Waals surface area contributed by atoms with E-state index < -0.39 is 0 Å². The van der Waals surface area contributed by atoms with Gasteiger partial charge in [-0.25, -0.2) is 0 Å². The normalized spacial score (nSPS) is 10.5. The summed E-state index contributed by atoms with van der Waals surface area (Å²) in [4.78, 5) is 0. The molecule has 0 saturated heterocycles. The van der Waals surface area contributed by atoms with Gasteiger partial charge < -0.3 is 10.5 Å². The van der Waals surface area contributed by atoms with Gasteiger partial charge in [-0.05, 0) is 49.7 Å². The molecule has 0 aliphatic carbocycles. The molecule has 0 aliphatic heterocycles. The molecule has 4 heteroatoms. The van der Waals surface area contributed by atoms with Crippen LogP contribution in [0.1, 0.15) is 11.1 Å². The molecule has 0 radical (unpaired) electrons. The number of benzene rings is 2. The minimum absolute atomic E-state index is 0.516. The maximum atomic E-state index is 6.17. The Bertz CT molecular complexity index is 584. The number of rotatable bonds is 4. The summed E-state index contributed by atoms with van der Waals surface area (Å²) in [7, 11) is 0. The fourth-order valence-electron chi connectivity index (χ4n) is 1.83. The van der Waals surface area contributed by atoms with Crippen LogP contribution in [0.5, 0.6) is 11.5 Å². The number of halogens is 2. The minimum Gasteiger partial charge on any atom is -0.455 e. The number of nitrogens with two attached hydrogens (primary N) is 1. The zero-order valence-corrected chi connectivity index (χ0v) is 12.1. The van der Waals surface area contributed by atoms with Gasteiger partial charge in [0, 0.05) is 10.6 Å². The van der Waals surface area contributed by atoms with Crippen molar-refractivity contribution >= 4 is 23.2 Å². The van der Waals surface area contributed by atoms with Crippen LogP contribution >= 0.6 is 23.2 Å². The summed E-state index contributed by atoms with van der Waals surface area (Å²) < 4.78 is 5.86. The largest absolute Gasteiger partial charge is 0.455 e. The van der Waals surface area contributed by atoms with Crippen LogP contribution in [0.2, 0.25) is 10.0 Å². The van der Waals surface area contributed by atoms with Crippen LogP contribution in [0.15, 0.2) is 36.4 Å². The van der Waals surface area contributed by atoms with Gasteiger partial charge in [-0.2, -0.15) is 0 Å². The standard InChI is InChI=1S/C15H15Cl2NO/c1-10-5-6-15(13(17)9-10)19-14-4-2-3-12(16)11(14)7-8-18/h2-6,9H,7-8,18H2,1H3. The van der Waals surface area contributed by atoms with Crippen LogP contribution in [-0.4, -0.2) is 6.54 Å². The monoisotopic (exact) mass is 295 g/mol. The number of aryl methyl sites for hydroxylation is 1. The number of hydrogen-bond donors (Lipinski definition) is 1. The van der Waals surface area contributed by atoms with Gasteiger partial charge >= 0.3 is 0 Å². The van der Waals surface area contributed by atoms with Crippen LogP contribution in [0, 0.1) is 6.92 Å². The number of hydrogen-bond acceptors (Lipinski definition) is 2. The Labute approximate surface area is 123 Å². The van der Waals surface area contributed by atoms with Gasteiger partial charge in [0.25, 0.3) is 0 Å². The van der Waals surface area contributed by atoms with Gasteiger partial charge in [0.1, 0.15) is 11.5 Å². The highest BCUT2D eigenvalue weighted by molar-refractivity contribution is 6.32. The van der Waals surface area contributed by atoms with E-state index in [1.165, 1.54) is 0 Å². The topological polar surface area (TPSA) is 35.2 Å². The molecule has 100 valence electrons. The van der Waals surface area contributed by atoms with Crippen molar-refractivity contribution in [1.29, 1.82) is 0 Å². The molecule has 2 rings (SSSR count). The van der Waals surface area contributed by atoms with Crippen molar-refractivity contribution in [2.24, 2.45) is 5.73 Å². The van der Waals surface area contributed by atoms with Crippen LogP contribution in [0.4, 0.5) is 0 Å². The molecule has 0 spiro atoms. The first-order chi connectivity index (χ1) is 9.11. The van der Waals surface area contributed by atoms with Gasteiger partial charge in [-0.15, -0.1) is 0 Å². The Hall–Kier alpha value is -1.22. The van der Waals surface area contributed by atoms with Crippen molar-refractivity contribution in [3.8, 4) is 11.5 Å². The molecular weight excluding hydrogens is 281 g/mol. The van der Waals surface area contributed by atoms with E-state index in [4.69, 9.17) is 33.7 Å². The van der Waals surface area contributed by atoms with E-state index in [9.17, 15) is 0 Å². The highest BCUT2D eigenvalue weighted by Crippen LogP contribution is 2.34. The summed E-state index contributed by atoms with van der Waals surface area (Å²) in [5, 5.41) is 1.24. The molecule has 0 unspecified atom stereocenters. The second-order valence-corrected chi connectivity index (χ2v) is 5.11. The lowest BCUT2D eigenvalue weighted by atomic mass is 10.1. The minimum atomic E-state index is 0.516. The lowest BCUT2D eigenvalue weighted by Gasteiger charge is -2.13. The second kappa shape index (κ2) is 6.29. The molecule has 19 heavy (non-hydrogen) atoms. The third-order valence-corrected chi connectivity index (χ3v) is 3.43. The van der Waals surface area contributed by atoms with Crippen molar-refractivity contribution in [1.82, 2.24) is 0 Å². The molecule has 0 bridgehead atoms. The average Bonchev–Trinajstić information content (AvgIpc) is 2.37. The van der Waals surface area contributed by atoms with Crippen molar-refractivity contribution in [3.63, 3.8) is 0 Å². The van der Waals surface area contributed by atoms with Crippen LogP contribution in [0.3, 0.4) is 0 Å². The summed E-state index contributed by atoms with van der Waals surface area (Å²) in [6.45, 7) is 2.50. The fraction of sp³-hybridized carbons (Fsp3) is 0.200. The first kappa shape index (κ1) is 14.2. The zero-order chi connectivity index (χ0) is 13.8. The molecule has 0 atom stereocenters. The van der Waals surface area contributed by atoms with Gasteiger partial charge in [0.15, 0.2) is 0 Å². The Morgan fingerprint density at radius 3 is 2.53 bits per heavy atom. The highest BCUT2D eigenvalue weighted by Gasteiger charge is 2.10. The van der Waals surface area contributed by atoms with Crippen LogP contribution in [0.25, 0.3) is 0 Å². The lowest BCUT2D eigenvalue weighted by molar-refractivity contribution is 0.476. The van der Waals surface area contributed by atoms with Crippen molar-refractivity contribution < 1.29 is 4.74 Å². The molecule has 0 amide bonds. The Morgan fingerprint density at radius 2 is 1.84 bits per heavy atom. The summed E-state index contributed by atoms with van der Waals surface area (Å²) in [5.41, 5.74) is 7.60. The second-order valence-electron chi connectivity index (χ2n) is 4.29. The molecule has 2 aromatic rings. The van der Waals surface area contributed by atoms with Crippen LogP contribution in [-0.2, 0) is 6.42 Å².